The third-order valence-electron chi connectivity index (χ3n) is 7.30. The van der Waals surface area contributed by atoms with Crippen molar-refractivity contribution >= 4 is 29.0 Å². The van der Waals surface area contributed by atoms with Crippen LogP contribution in [0.25, 0.3) is 0 Å². The molecule has 196 valence electrons. The molecule has 2 aliphatic heterocycles. The molecule has 0 spiro atoms. The first-order chi connectivity index (χ1) is 18.6. The molecule has 5 rings (SSSR count). The summed E-state index contributed by atoms with van der Waals surface area (Å²) in [5, 5.41) is 12.3. The minimum atomic E-state index is -0.601. The summed E-state index contributed by atoms with van der Waals surface area (Å²) in [5.74, 6) is -0.764. The highest BCUT2D eigenvalue weighted by molar-refractivity contribution is 6.24. The van der Waals surface area contributed by atoms with E-state index in [0.717, 1.165) is 49.3 Å². The number of aliphatic hydroxyl groups excluding tert-OH is 1. The highest BCUT2D eigenvalue weighted by atomic mass is 16.5. The number of aliphatic hydroxyl groups is 1. The van der Waals surface area contributed by atoms with Crippen molar-refractivity contribution in [2.75, 3.05) is 31.6 Å². The summed E-state index contributed by atoms with van der Waals surface area (Å²) < 4.78 is 5.12. The molecule has 1 saturated heterocycles. The van der Waals surface area contributed by atoms with Crippen LogP contribution in [-0.4, -0.2) is 53.9 Å². The number of piperidine rings is 1. The number of aliphatic imine (C=N–C) groups is 1. The van der Waals surface area contributed by atoms with Gasteiger partial charge in [0.25, 0.3) is 0 Å². The fraction of sp³-hybridized carbons (Fsp3) is 0.323. The number of ether oxygens (including phenoxy) is 1. The van der Waals surface area contributed by atoms with Crippen molar-refractivity contribution in [2.24, 2.45) is 10.9 Å². The number of amides is 1. The van der Waals surface area contributed by atoms with Gasteiger partial charge in [-0.2, -0.15) is 0 Å². The summed E-state index contributed by atoms with van der Waals surface area (Å²) in [4.78, 5) is 32.8. The Morgan fingerprint density at radius 3 is 2.45 bits per heavy atom. The number of likely N-dealkylation sites (tertiary alicyclic amines) is 1. The van der Waals surface area contributed by atoms with Crippen LogP contribution in [0.4, 0.5) is 11.4 Å². The number of nitrogens with one attached hydrogen (secondary N) is 1. The fourth-order valence-corrected chi connectivity index (χ4v) is 5.18. The predicted octanol–water partition coefficient (Wildman–Crippen LogP) is 4.92. The zero-order valence-electron chi connectivity index (χ0n) is 21.6. The van der Waals surface area contributed by atoms with E-state index in [1.807, 2.05) is 48.5 Å². The van der Waals surface area contributed by atoms with Crippen molar-refractivity contribution < 1.29 is 19.4 Å². The Labute approximate surface area is 223 Å². The molecule has 1 amide bonds. The lowest BCUT2D eigenvalue weighted by molar-refractivity contribution is -0.115. The number of fused-ring (bicyclic) bond motifs is 1. The summed E-state index contributed by atoms with van der Waals surface area (Å²) in [5.41, 5.74) is 5.30. The Bertz CT molecular complexity index is 1310. The van der Waals surface area contributed by atoms with Crippen LogP contribution in [0.15, 0.2) is 77.8 Å². The van der Waals surface area contributed by atoms with Crippen molar-refractivity contribution in [3.05, 3.63) is 95.1 Å². The molecule has 2 aliphatic rings. The number of carbonyl (C=O) groups is 2. The van der Waals surface area contributed by atoms with E-state index in [0.29, 0.717) is 22.9 Å². The number of hydrogen-bond donors (Lipinski definition) is 2. The molecule has 0 aromatic heterocycles. The second kappa shape index (κ2) is 11.7. The lowest BCUT2D eigenvalue weighted by Crippen LogP contribution is -2.34. The molecular weight excluding hydrogens is 478 g/mol. The van der Waals surface area contributed by atoms with Crippen molar-refractivity contribution in [3.8, 4) is 0 Å². The van der Waals surface area contributed by atoms with E-state index in [-0.39, 0.29) is 19.1 Å². The molecule has 7 nitrogen and oxygen atoms in total. The van der Waals surface area contributed by atoms with Gasteiger partial charge in [0.15, 0.2) is 0 Å². The average molecular weight is 512 g/mol. The lowest BCUT2D eigenvalue weighted by atomic mass is 9.90. The Hall–Kier alpha value is -3.81. The Balaban J connectivity index is 1.41. The molecule has 3 aromatic rings. The minimum Gasteiger partial charge on any atom is -0.462 e. The van der Waals surface area contributed by atoms with E-state index in [4.69, 9.17) is 9.73 Å². The molecule has 0 aliphatic carbocycles. The number of esters is 1. The van der Waals surface area contributed by atoms with Crippen LogP contribution in [0.1, 0.15) is 52.7 Å². The number of anilines is 1. The maximum absolute atomic E-state index is 13.2. The predicted molar refractivity (Wildman–Crippen MR) is 148 cm³/mol. The van der Waals surface area contributed by atoms with E-state index < -0.39 is 11.9 Å². The normalized spacial score (nSPS) is 18.2. The number of rotatable bonds is 8. The maximum Gasteiger partial charge on any atom is 0.338 e. The van der Waals surface area contributed by atoms with Crippen molar-refractivity contribution in [3.63, 3.8) is 0 Å². The van der Waals surface area contributed by atoms with Gasteiger partial charge in [0.2, 0.25) is 5.91 Å². The second-order valence-corrected chi connectivity index (χ2v) is 9.88. The van der Waals surface area contributed by atoms with Crippen LogP contribution in [0, 0.1) is 5.92 Å². The number of nitrogens with zero attached hydrogens (tertiary/aromatic N) is 2. The first kappa shape index (κ1) is 25.8. The van der Waals surface area contributed by atoms with E-state index in [9.17, 15) is 14.7 Å². The monoisotopic (exact) mass is 511 g/mol. The molecular formula is C31H33N3O4. The molecule has 1 unspecified atom stereocenters. The first-order valence-corrected chi connectivity index (χ1v) is 13.2. The molecule has 3 aromatic carbocycles. The van der Waals surface area contributed by atoms with Gasteiger partial charge in [-0.15, -0.1) is 0 Å². The van der Waals surface area contributed by atoms with Crippen LogP contribution in [0.2, 0.25) is 0 Å². The SMILES string of the molecule is CCOC(=O)c1ccc2c(c1)NC(=O)C2C(=Nc1ccc(CN2CCC(CO)CC2)cc1)c1ccccc1. The van der Waals surface area contributed by atoms with E-state index in [1.165, 1.54) is 5.56 Å². The van der Waals surface area contributed by atoms with Gasteiger partial charge in [0.1, 0.15) is 5.92 Å². The van der Waals surface area contributed by atoms with Gasteiger partial charge >= 0.3 is 5.97 Å². The highest BCUT2D eigenvalue weighted by Gasteiger charge is 2.36. The summed E-state index contributed by atoms with van der Waals surface area (Å²) >= 11 is 0. The van der Waals surface area contributed by atoms with Gasteiger partial charge in [-0.25, -0.2) is 4.79 Å². The van der Waals surface area contributed by atoms with Crippen LogP contribution in [0.3, 0.4) is 0 Å². The smallest absolute Gasteiger partial charge is 0.338 e. The van der Waals surface area contributed by atoms with Gasteiger partial charge in [0.05, 0.1) is 23.6 Å². The first-order valence-electron chi connectivity index (χ1n) is 13.2. The Morgan fingerprint density at radius 1 is 1.03 bits per heavy atom. The van der Waals surface area contributed by atoms with Gasteiger partial charge < -0.3 is 15.2 Å². The third-order valence-corrected chi connectivity index (χ3v) is 7.30. The highest BCUT2D eigenvalue weighted by Crippen LogP contribution is 2.37. The van der Waals surface area contributed by atoms with Crippen LogP contribution in [0.5, 0.6) is 0 Å². The molecule has 0 saturated carbocycles. The van der Waals surface area contributed by atoms with Gasteiger partial charge in [-0.05, 0) is 79.7 Å². The summed E-state index contributed by atoms with van der Waals surface area (Å²) in [7, 11) is 0. The minimum absolute atomic E-state index is 0.175. The van der Waals surface area contributed by atoms with E-state index >= 15 is 0 Å². The molecule has 7 heteroatoms. The standard InChI is InChI=1S/C31H33N3O4/c1-2-38-31(37)24-10-13-26-27(18-24)33-30(36)28(26)29(23-6-4-3-5-7-23)32-25-11-8-21(9-12-25)19-34-16-14-22(20-35)15-17-34/h3-13,18,22,28,35H,2,14-17,19-20H2,1H3,(H,33,36). The molecule has 1 fully saturated rings. The molecule has 2 heterocycles. The second-order valence-electron chi connectivity index (χ2n) is 9.88. The molecule has 38 heavy (non-hydrogen) atoms. The number of hydrogen-bond acceptors (Lipinski definition) is 6. The van der Waals surface area contributed by atoms with Gasteiger partial charge in [-0.3, -0.25) is 14.7 Å². The average Bonchev–Trinajstić information content (AvgIpc) is 3.28. The Morgan fingerprint density at radius 2 is 1.76 bits per heavy atom. The summed E-state index contributed by atoms with van der Waals surface area (Å²) in [6.45, 7) is 5.19. The molecule has 0 radical (unpaired) electrons. The molecule has 1 atom stereocenters. The van der Waals surface area contributed by atoms with Crippen molar-refractivity contribution in [1.82, 2.24) is 4.90 Å². The largest absolute Gasteiger partial charge is 0.462 e. The number of carbonyl (C=O) groups excluding carboxylic acids is 2. The topological polar surface area (TPSA) is 91.2 Å². The quantitative estimate of drug-likeness (QED) is 0.331. The molecule has 2 N–H and O–H groups in total. The maximum atomic E-state index is 13.2. The number of benzene rings is 3. The zero-order chi connectivity index (χ0) is 26.5. The van der Waals surface area contributed by atoms with E-state index in [2.05, 4.69) is 22.3 Å². The summed E-state index contributed by atoms with van der Waals surface area (Å²) in [6, 6.07) is 23.1. The van der Waals surface area contributed by atoms with Crippen molar-refractivity contribution in [1.29, 1.82) is 0 Å². The van der Waals surface area contributed by atoms with Crippen LogP contribution < -0.4 is 5.32 Å². The van der Waals surface area contributed by atoms with Crippen LogP contribution >= 0.6 is 0 Å². The third kappa shape index (κ3) is 5.69. The van der Waals surface area contributed by atoms with Crippen molar-refractivity contribution in [2.45, 2.75) is 32.2 Å². The Kier molecular flexibility index (Phi) is 7.96. The molecule has 0 bridgehead atoms. The lowest BCUT2D eigenvalue weighted by Gasteiger charge is -2.31. The fourth-order valence-electron chi connectivity index (χ4n) is 5.18. The van der Waals surface area contributed by atoms with Crippen LogP contribution in [-0.2, 0) is 16.1 Å². The van der Waals surface area contributed by atoms with E-state index in [1.54, 1.807) is 19.1 Å². The summed E-state index contributed by atoms with van der Waals surface area (Å²) in [6.07, 6.45) is 2.07. The zero-order valence-corrected chi connectivity index (χ0v) is 21.6. The van der Waals surface area contributed by atoms with Gasteiger partial charge in [-0.1, -0.05) is 48.5 Å². The van der Waals surface area contributed by atoms with Gasteiger partial charge in [0, 0.05) is 18.8 Å².